The van der Waals surface area contributed by atoms with Gasteiger partial charge >= 0.3 is 0 Å². The molecule has 1 aliphatic carbocycles. The number of benzene rings is 1. The van der Waals surface area contributed by atoms with Crippen LogP contribution in [0.4, 0.5) is 0 Å². The van der Waals surface area contributed by atoms with Crippen molar-refractivity contribution in [2.75, 3.05) is 19.6 Å². The minimum Gasteiger partial charge on any atom is -0.506 e. The summed E-state index contributed by atoms with van der Waals surface area (Å²) in [6.07, 6.45) is 2.19. The SMILES string of the molecule is O=C(NCC1CCN(S(=O)(=O)C2CC2)C1)c1cc(Cl)cc(Cl)c1O. The molecule has 1 saturated carbocycles. The average molecular weight is 393 g/mol. The molecule has 1 unspecified atom stereocenters. The molecule has 1 aliphatic heterocycles. The van der Waals surface area contributed by atoms with Crippen LogP contribution < -0.4 is 5.32 Å². The van der Waals surface area contributed by atoms with Gasteiger partial charge in [0.1, 0.15) is 5.75 Å². The molecular weight excluding hydrogens is 375 g/mol. The van der Waals surface area contributed by atoms with E-state index in [4.69, 9.17) is 23.2 Å². The molecular formula is C15H18Cl2N2O4S. The van der Waals surface area contributed by atoms with E-state index in [9.17, 15) is 18.3 Å². The van der Waals surface area contributed by atoms with Gasteiger partial charge in [0, 0.05) is 24.7 Å². The summed E-state index contributed by atoms with van der Waals surface area (Å²) in [6, 6.07) is 2.70. The summed E-state index contributed by atoms with van der Waals surface area (Å²) in [6.45, 7) is 1.24. The Kier molecular flexibility index (Phi) is 4.97. The lowest BCUT2D eigenvalue weighted by Crippen LogP contribution is -2.34. The first-order valence-electron chi connectivity index (χ1n) is 7.74. The molecule has 1 amide bonds. The van der Waals surface area contributed by atoms with Crippen LogP contribution in [-0.2, 0) is 10.0 Å². The van der Waals surface area contributed by atoms with Crippen molar-refractivity contribution in [3.8, 4) is 5.75 Å². The van der Waals surface area contributed by atoms with Crippen LogP contribution in [0.25, 0.3) is 0 Å². The predicted octanol–water partition coefficient (Wildman–Crippen LogP) is 2.24. The molecule has 3 rings (SSSR count). The largest absolute Gasteiger partial charge is 0.506 e. The molecule has 2 fully saturated rings. The Labute approximate surface area is 150 Å². The first kappa shape index (κ1) is 17.8. The summed E-state index contributed by atoms with van der Waals surface area (Å²) in [5.74, 6) is -0.748. The maximum absolute atomic E-state index is 12.2. The zero-order chi connectivity index (χ0) is 17.5. The smallest absolute Gasteiger partial charge is 0.255 e. The second-order valence-electron chi connectivity index (χ2n) is 6.25. The van der Waals surface area contributed by atoms with Crippen LogP contribution in [0.5, 0.6) is 5.75 Å². The molecule has 2 N–H and O–H groups in total. The van der Waals surface area contributed by atoms with Gasteiger partial charge in [0.2, 0.25) is 10.0 Å². The molecule has 1 aromatic rings. The number of hydrogen-bond acceptors (Lipinski definition) is 4. The molecule has 0 radical (unpaired) electrons. The van der Waals surface area contributed by atoms with E-state index in [-0.39, 0.29) is 32.5 Å². The van der Waals surface area contributed by atoms with E-state index >= 15 is 0 Å². The van der Waals surface area contributed by atoms with E-state index in [0.717, 1.165) is 12.8 Å². The molecule has 132 valence electrons. The number of amides is 1. The zero-order valence-electron chi connectivity index (χ0n) is 12.8. The van der Waals surface area contributed by atoms with Crippen molar-refractivity contribution < 1.29 is 18.3 Å². The van der Waals surface area contributed by atoms with E-state index in [2.05, 4.69) is 5.32 Å². The van der Waals surface area contributed by atoms with E-state index in [0.29, 0.717) is 26.1 Å². The Morgan fingerprint density at radius 3 is 2.67 bits per heavy atom. The van der Waals surface area contributed by atoms with Gasteiger partial charge in [0.05, 0.1) is 15.8 Å². The molecule has 6 nitrogen and oxygen atoms in total. The Morgan fingerprint density at radius 1 is 1.29 bits per heavy atom. The number of nitrogens with one attached hydrogen (secondary N) is 1. The number of aromatic hydroxyl groups is 1. The lowest BCUT2D eigenvalue weighted by molar-refractivity contribution is 0.0945. The lowest BCUT2D eigenvalue weighted by Gasteiger charge is -2.16. The van der Waals surface area contributed by atoms with E-state index in [1.165, 1.54) is 16.4 Å². The van der Waals surface area contributed by atoms with Crippen LogP contribution in [0.2, 0.25) is 10.0 Å². The maximum atomic E-state index is 12.2. The summed E-state index contributed by atoms with van der Waals surface area (Å²) < 4.78 is 25.9. The topological polar surface area (TPSA) is 86.7 Å². The summed E-state index contributed by atoms with van der Waals surface area (Å²) in [7, 11) is -3.16. The highest BCUT2D eigenvalue weighted by Crippen LogP contribution is 2.34. The fourth-order valence-electron chi connectivity index (χ4n) is 2.84. The Balaban J connectivity index is 1.58. The summed E-state index contributed by atoms with van der Waals surface area (Å²) >= 11 is 11.7. The second kappa shape index (κ2) is 6.71. The van der Waals surface area contributed by atoms with Gasteiger partial charge in [-0.25, -0.2) is 12.7 Å². The van der Waals surface area contributed by atoms with Crippen molar-refractivity contribution in [3.63, 3.8) is 0 Å². The standard InChI is InChI=1S/C15H18Cl2N2O4S/c16-10-5-12(14(20)13(17)6-10)15(21)18-7-9-3-4-19(8-9)24(22,23)11-1-2-11/h5-6,9,11,20H,1-4,7-8H2,(H,18,21). The number of phenols is 1. The first-order valence-corrected chi connectivity index (χ1v) is 10.00. The molecule has 0 bridgehead atoms. The Hall–Kier alpha value is -1.02. The number of sulfonamides is 1. The minimum absolute atomic E-state index is 0.00737. The van der Waals surface area contributed by atoms with Crippen molar-refractivity contribution in [1.82, 2.24) is 9.62 Å². The Morgan fingerprint density at radius 2 is 2.00 bits per heavy atom. The average Bonchev–Trinajstić information content (AvgIpc) is 3.27. The molecule has 1 aromatic carbocycles. The minimum atomic E-state index is -3.16. The zero-order valence-corrected chi connectivity index (χ0v) is 15.2. The molecule has 1 saturated heterocycles. The molecule has 2 aliphatic rings. The molecule has 0 aromatic heterocycles. The van der Waals surface area contributed by atoms with Crippen LogP contribution in [0.15, 0.2) is 12.1 Å². The lowest BCUT2D eigenvalue weighted by atomic mass is 10.1. The van der Waals surface area contributed by atoms with Gasteiger partial charge in [-0.1, -0.05) is 23.2 Å². The van der Waals surface area contributed by atoms with Crippen LogP contribution in [0, 0.1) is 5.92 Å². The van der Waals surface area contributed by atoms with Crippen molar-refractivity contribution in [1.29, 1.82) is 0 Å². The van der Waals surface area contributed by atoms with E-state index in [1.54, 1.807) is 0 Å². The number of carbonyl (C=O) groups is 1. The van der Waals surface area contributed by atoms with Crippen LogP contribution in [0.3, 0.4) is 0 Å². The highest BCUT2D eigenvalue weighted by molar-refractivity contribution is 7.90. The van der Waals surface area contributed by atoms with Gasteiger partial charge in [0.25, 0.3) is 5.91 Å². The van der Waals surface area contributed by atoms with E-state index < -0.39 is 15.9 Å². The fourth-order valence-corrected chi connectivity index (χ4v) is 5.27. The summed E-state index contributed by atoms with van der Waals surface area (Å²) in [5, 5.41) is 12.6. The number of nitrogens with zero attached hydrogens (tertiary/aromatic N) is 1. The fraction of sp³-hybridized carbons (Fsp3) is 0.533. The summed E-state index contributed by atoms with van der Waals surface area (Å²) in [5.41, 5.74) is 0.00737. The molecule has 9 heteroatoms. The van der Waals surface area contributed by atoms with Gasteiger partial charge in [-0.2, -0.15) is 0 Å². The van der Waals surface area contributed by atoms with Crippen molar-refractivity contribution >= 4 is 39.1 Å². The quantitative estimate of drug-likeness (QED) is 0.804. The van der Waals surface area contributed by atoms with Gasteiger partial charge in [0.15, 0.2) is 0 Å². The normalized spacial score (nSPS) is 21.8. The monoisotopic (exact) mass is 392 g/mol. The summed E-state index contributed by atoms with van der Waals surface area (Å²) in [4.78, 5) is 12.2. The highest BCUT2D eigenvalue weighted by Gasteiger charge is 2.42. The first-order chi connectivity index (χ1) is 11.3. The third kappa shape index (κ3) is 3.64. The van der Waals surface area contributed by atoms with Gasteiger partial charge in [-0.3, -0.25) is 4.79 Å². The van der Waals surface area contributed by atoms with Crippen molar-refractivity contribution in [3.05, 3.63) is 27.7 Å². The molecule has 1 heterocycles. The second-order valence-corrected chi connectivity index (χ2v) is 9.31. The van der Waals surface area contributed by atoms with E-state index in [1.807, 2.05) is 0 Å². The third-order valence-corrected chi connectivity index (χ3v) is 7.25. The van der Waals surface area contributed by atoms with Crippen molar-refractivity contribution in [2.45, 2.75) is 24.5 Å². The number of hydrogen-bond donors (Lipinski definition) is 2. The predicted molar refractivity (Wildman–Crippen MR) is 92.1 cm³/mol. The van der Waals surface area contributed by atoms with Crippen LogP contribution in [-0.4, -0.2) is 48.6 Å². The van der Waals surface area contributed by atoms with Crippen molar-refractivity contribution in [2.24, 2.45) is 5.92 Å². The number of halogens is 2. The van der Waals surface area contributed by atoms with Gasteiger partial charge < -0.3 is 10.4 Å². The maximum Gasteiger partial charge on any atom is 0.255 e. The van der Waals surface area contributed by atoms with Crippen LogP contribution in [0.1, 0.15) is 29.6 Å². The van der Waals surface area contributed by atoms with Crippen LogP contribution >= 0.6 is 23.2 Å². The molecule has 0 spiro atoms. The number of rotatable bonds is 5. The van der Waals surface area contributed by atoms with Gasteiger partial charge in [-0.05, 0) is 37.3 Å². The highest BCUT2D eigenvalue weighted by atomic mass is 35.5. The molecule has 24 heavy (non-hydrogen) atoms. The number of phenolic OH excluding ortho intramolecular Hbond substituents is 1. The third-order valence-electron chi connectivity index (χ3n) is 4.38. The van der Waals surface area contributed by atoms with Gasteiger partial charge in [-0.15, -0.1) is 0 Å². The Bertz CT molecular complexity index is 765. The molecule has 1 atom stereocenters. The number of carbonyl (C=O) groups excluding carboxylic acids is 1.